The zero-order valence-electron chi connectivity index (χ0n) is 15.5. The van der Waals surface area contributed by atoms with Crippen molar-refractivity contribution in [2.75, 3.05) is 18.5 Å². The molecule has 0 aliphatic heterocycles. The summed E-state index contributed by atoms with van der Waals surface area (Å²) >= 11 is 0. The number of aliphatic carboxylic acids is 1. The van der Waals surface area contributed by atoms with Crippen LogP contribution >= 0.6 is 0 Å². The molecule has 6 heteroatoms. The van der Waals surface area contributed by atoms with E-state index in [1.165, 1.54) is 0 Å². The van der Waals surface area contributed by atoms with Crippen LogP contribution in [0.5, 0.6) is 5.75 Å². The highest BCUT2D eigenvalue weighted by Crippen LogP contribution is 2.33. The molecule has 0 aromatic heterocycles. The summed E-state index contributed by atoms with van der Waals surface area (Å²) < 4.78 is 5.71. The fourth-order valence-electron chi connectivity index (χ4n) is 2.94. The fraction of sp³-hybridized carbons (Fsp3) is 0.333. The standard InChI is InChI=1S/C21H24N2O4/c1-3-4-16-11-14(2)12-18(20(16)27-10-9-24)19(21(25)26)23-17-7-5-15(13-22)6-8-17/h5-8,11-12,19,23-24H,3-4,9-10H2,1-2H3,(H,25,26)/p-1. The predicted molar refractivity (Wildman–Crippen MR) is 100 cm³/mol. The number of nitriles is 1. The molecular formula is C21H23N2O4-. The molecule has 6 nitrogen and oxygen atoms in total. The van der Waals surface area contributed by atoms with Gasteiger partial charge in [0, 0.05) is 11.3 Å². The summed E-state index contributed by atoms with van der Waals surface area (Å²) in [5.74, 6) is -0.826. The smallest absolute Gasteiger partial charge is 0.128 e. The quantitative estimate of drug-likeness (QED) is 0.703. The summed E-state index contributed by atoms with van der Waals surface area (Å²) in [6.45, 7) is 3.83. The highest BCUT2D eigenvalue weighted by atomic mass is 16.5. The van der Waals surface area contributed by atoms with Crippen LogP contribution in [0.1, 0.15) is 41.6 Å². The Hall–Kier alpha value is -3.04. The van der Waals surface area contributed by atoms with Gasteiger partial charge < -0.3 is 25.1 Å². The maximum absolute atomic E-state index is 11.9. The van der Waals surface area contributed by atoms with Gasteiger partial charge in [-0.15, -0.1) is 0 Å². The van der Waals surface area contributed by atoms with Crippen LogP contribution in [0.2, 0.25) is 0 Å². The number of aliphatic hydroxyl groups excluding tert-OH is 1. The predicted octanol–water partition coefficient (Wildman–Crippen LogP) is 2.09. The molecule has 2 aromatic carbocycles. The van der Waals surface area contributed by atoms with Gasteiger partial charge >= 0.3 is 0 Å². The van der Waals surface area contributed by atoms with Crippen molar-refractivity contribution in [1.82, 2.24) is 0 Å². The van der Waals surface area contributed by atoms with E-state index in [9.17, 15) is 9.90 Å². The van der Waals surface area contributed by atoms with E-state index in [2.05, 4.69) is 5.32 Å². The van der Waals surface area contributed by atoms with E-state index in [-0.39, 0.29) is 13.2 Å². The van der Waals surface area contributed by atoms with Crippen LogP contribution < -0.4 is 15.2 Å². The Bertz CT molecular complexity index is 825. The van der Waals surface area contributed by atoms with Crippen molar-refractivity contribution in [3.63, 3.8) is 0 Å². The maximum atomic E-state index is 11.9. The largest absolute Gasteiger partial charge is 0.548 e. The van der Waals surface area contributed by atoms with Gasteiger partial charge in [0.1, 0.15) is 12.4 Å². The molecule has 0 amide bonds. The SMILES string of the molecule is CCCc1cc(C)cc(C(Nc2ccc(C#N)cc2)C(=O)[O-])c1OCCO. The summed E-state index contributed by atoms with van der Waals surface area (Å²) in [4.78, 5) is 11.9. The Morgan fingerprint density at radius 1 is 1.33 bits per heavy atom. The average molecular weight is 367 g/mol. The first-order chi connectivity index (χ1) is 13.0. The van der Waals surface area contributed by atoms with Gasteiger partial charge in [0.05, 0.1) is 30.3 Å². The Labute approximate surface area is 159 Å². The van der Waals surface area contributed by atoms with Crippen LogP contribution in [-0.2, 0) is 11.2 Å². The number of aryl methyl sites for hydroxylation is 2. The van der Waals surface area contributed by atoms with Gasteiger partial charge in [-0.05, 0) is 49.2 Å². The lowest BCUT2D eigenvalue weighted by molar-refractivity contribution is -0.307. The molecule has 0 fully saturated rings. The lowest BCUT2D eigenvalue weighted by atomic mass is 9.96. The molecule has 0 spiro atoms. The minimum atomic E-state index is -1.29. The number of carboxylic acid groups (broad SMARTS) is 1. The topological polar surface area (TPSA) is 105 Å². The Morgan fingerprint density at radius 2 is 2.04 bits per heavy atom. The molecule has 0 bridgehead atoms. The number of ether oxygens (including phenoxy) is 1. The van der Waals surface area contributed by atoms with Crippen LogP contribution in [0.4, 0.5) is 5.69 Å². The van der Waals surface area contributed by atoms with Crippen molar-refractivity contribution in [1.29, 1.82) is 5.26 Å². The summed E-state index contributed by atoms with van der Waals surface area (Å²) in [5.41, 5.74) is 3.30. The summed E-state index contributed by atoms with van der Waals surface area (Å²) in [6.07, 6.45) is 1.60. The number of nitrogens with zero attached hydrogens (tertiary/aromatic N) is 1. The van der Waals surface area contributed by atoms with Crippen LogP contribution in [0.25, 0.3) is 0 Å². The second kappa shape index (κ2) is 9.60. The van der Waals surface area contributed by atoms with E-state index in [0.29, 0.717) is 22.6 Å². The molecule has 2 aromatic rings. The van der Waals surface area contributed by atoms with E-state index < -0.39 is 12.0 Å². The first-order valence-electron chi connectivity index (χ1n) is 8.84. The number of carbonyl (C=O) groups is 1. The van der Waals surface area contributed by atoms with Crippen molar-refractivity contribution in [2.24, 2.45) is 0 Å². The van der Waals surface area contributed by atoms with Crippen LogP contribution in [0.15, 0.2) is 36.4 Å². The van der Waals surface area contributed by atoms with Gasteiger partial charge in [0.15, 0.2) is 0 Å². The monoisotopic (exact) mass is 367 g/mol. The average Bonchev–Trinajstić information content (AvgIpc) is 2.65. The minimum Gasteiger partial charge on any atom is -0.548 e. The highest BCUT2D eigenvalue weighted by molar-refractivity contribution is 5.79. The first-order valence-corrected chi connectivity index (χ1v) is 8.84. The molecule has 0 aliphatic rings. The zero-order chi connectivity index (χ0) is 19.8. The molecule has 27 heavy (non-hydrogen) atoms. The van der Waals surface area contributed by atoms with Crippen molar-refractivity contribution in [2.45, 2.75) is 32.7 Å². The molecule has 2 N–H and O–H groups in total. The number of carboxylic acids is 1. The number of anilines is 1. The summed E-state index contributed by atoms with van der Waals surface area (Å²) in [5, 5.41) is 32.9. The molecule has 0 heterocycles. The van der Waals surface area contributed by atoms with Gasteiger partial charge in [-0.3, -0.25) is 0 Å². The van der Waals surface area contributed by atoms with Crippen molar-refractivity contribution in [3.8, 4) is 11.8 Å². The van der Waals surface area contributed by atoms with E-state index in [1.54, 1.807) is 30.3 Å². The number of hydrogen-bond acceptors (Lipinski definition) is 6. The number of aliphatic hydroxyl groups is 1. The molecule has 0 aliphatic carbocycles. The fourth-order valence-corrected chi connectivity index (χ4v) is 2.94. The third-order valence-corrected chi connectivity index (χ3v) is 4.07. The number of hydrogen-bond donors (Lipinski definition) is 2. The van der Waals surface area contributed by atoms with Crippen LogP contribution in [-0.4, -0.2) is 24.3 Å². The zero-order valence-corrected chi connectivity index (χ0v) is 15.5. The van der Waals surface area contributed by atoms with Gasteiger partial charge in [-0.2, -0.15) is 5.26 Å². The van der Waals surface area contributed by atoms with Crippen molar-refractivity contribution in [3.05, 3.63) is 58.7 Å². The summed E-state index contributed by atoms with van der Waals surface area (Å²) in [7, 11) is 0. The summed E-state index contributed by atoms with van der Waals surface area (Å²) in [6, 6.07) is 11.1. The molecule has 1 atom stereocenters. The molecule has 0 saturated heterocycles. The maximum Gasteiger partial charge on any atom is 0.128 e. The van der Waals surface area contributed by atoms with Crippen LogP contribution in [0.3, 0.4) is 0 Å². The lowest BCUT2D eigenvalue weighted by Gasteiger charge is -2.26. The molecule has 0 radical (unpaired) electrons. The van der Waals surface area contributed by atoms with Crippen molar-refractivity contribution >= 4 is 11.7 Å². The van der Waals surface area contributed by atoms with Crippen LogP contribution in [0, 0.1) is 18.3 Å². The number of carbonyl (C=O) groups excluding carboxylic acids is 1. The minimum absolute atomic E-state index is 0.0728. The third kappa shape index (κ3) is 5.22. The Balaban J connectivity index is 2.47. The normalized spacial score (nSPS) is 11.5. The van der Waals surface area contributed by atoms with Gasteiger partial charge in [0.25, 0.3) is 0 Å². The molecule has 142 valence electrons. The molecule has 0 saturated carbocycles. The molecule has 2 rings (SSSR count). The van der Waals surface area contributed by atoms with E-state index in [0.717, 1.165) is 24.0 Å². The number of rotatable bonds is 9. The molecule has 1 unspecified atom stereocenters. The Kier molecular flexibility index (Phi) is 7.21. The van der Waals surface area contributed by atoms with E-state index in [1.807, 2.05) is 26.0 Å². The number of benzene rings is 2. The Morgan fingerprint density at radius 3 is 2.59 bits per heavy atom. The van der Waals surface area contributed by atoms with E-state index in [4.69, 9.17) is 15.1 Å². The van der Waals surface area contributed by atoms with Gasteiger partial charge in [-0.1, -0.05) is 25.0 Å². The van der Waals surface area contributed by atoms with Gasteiger partial charge in [0.2, 0.25) is 0 Å². The highest BCUT2D eigenvalue weighted by Gasteiger charge is 2.21. The number of nitrogens with one attached hydrogen (secondary N) is 1. The molecular weight excluding hydrogens is 344 g/mol. The third-order valence-electron chi connectivity index (χ3n) is 4.07. The first kappa shape index (κ1) is 20.3. The van der Waals surface area contributed by atoms with E-state index >= 15 is 0 Å². The second-order valence-corrected chi connectivity index (χ2v) is 6.25. The second-order valence-electron chi connectivity index (χ2n) is 6.25. The van der Waals surface area contributed by atoms with Crippen molar-refractivity contribution < 1.29 is 19.7 Å². The van der Waals surface area contributed by atoms with Gasteiger partial charge in [-0.25, -0.2) is 0 Å². The lowest BCUT2D eigenvalue weighted by Crippen LogP contribution is -2.34.